The lowest BCUT2D eigenvalue weighted by Gasteiger charge is -2.21. The second-order valence-electron chi connectivity index (χ2n) is 5.93. The van der Waals surface area contributed by atoms with Crippen LogP contribution in [-0.2, 0) is 33.4 Å². The van der Waals surface area contributed by atoms with E-state index in [1.807, 2.05) is 0 Å². The van der Waals surface area contributed by atoms with Gasteiger partial charge in [-0.15, -0.1) is 0 Å². The van der Waals surface area contributed by atoms with Crippen molar-refractivity contribution in [1.29, 1.82) is 0 Å². The van der Waals surface area contributed by atoms with Gasteiger partial charge in [0, 0.05) is 14.2 Å². The van der Waals surface area contributed by atoms with Crippen LogP contribution in [0.4, 0.5) is 43.9 Å². The van der Waals surface area contributed by atoms with E-state index in [4.69, 9.17) is 5.11 Å². The number of hydrogen-bond acceptors (Lipinski definition) is 7. The molecule has 0 aromatic heterocycles. The summed E-state index contributed by atoms with van der Waals surface area (Å²) >= 11 is 0. The van der Waals surface area contributed by atoms with Crippen LogP contribution >= 0.6 is 0 Å². The third kappa shape index (κ3) is 10.9. The summed E-state index contributed by atoms with van der Waals surface area (Å²) in [4.78, 5) is 43.2. The highest BCUT2D eigenvalue weighted by molar-refractivity contribution is 6.01. The lowest BCUT2D eigenvalue weighted by molar-refractivity contribution is -0.279. The van der Waals surface area contributed by atoms with Crippen LogP contribution in [0.3, 0.4) is 0 Å². The number of hydrogen-bond donors (Lipinski definition) is 3. The highest BCUT2D eigenvalue weighted by atomic mass is 19.4. The summed E-state index contributed by atoms with van der Waals surface area (Å²) in [6.45, 7) is -4.05. The van der Waals surface area contributed by atoms with Crippen molar-refractivity contribution in [1.82, 2.24) is 10.6 Å². The van der Waals surface area contributed by atoms with Gasteiger partial charge in [-0.2, -0.15) is 43.9 Å². The molecule has 0 bridgehead atoms. The zero-order chi connectivity index (χ0) is 28.4. The molecule has 0 aliphatic rings. The number of rotatable bonds is 10. The van der Waals surface area contributed by atoms with Gasteiger partial charge in [-0.05, 0) is 0 Å². The van der Waals surface area contributed by atoms with Crippen LogP contribution in [-0.4, -0.2) is 99.7 Å². The molecule has 0 saturated carbocycles. The van der Waals surface area contributed by atoms with Gasteiger partial charge < -0.3 is 30.0 Å². The van der Waals surface area contributed by atoms with E-state index in [1.54, 1.807) is 0 Å². The molecule has 0 rings (SSSR count). The first-order valence-corrected chi connectivity index (χ1v) is 8.40. The van der Waals surface area contributed by atoms with E-state index in [2.05, 4.69) is 14.2 Å². The zero-order valence-electron chi connectivity index (χ0n) is 17.7. The number of carbonyl (C=O) groups is 4. The summed E-state index contributed by atoms with van der Waals surface area (Å²) in [6.07, 6.45) is -15.7. The molecule has 3 N–H and O–H groups in total. The molecule has 0 aromatic rings. The Morgan fingerprint density at radius 1 is 0.686 bits per heavy atom. The number of carboxylic acid groups (broad SMARTS) is 1. The van der Waals surface area contributed by atoms with Crippen LogP contribution in [0.5, 0.6) is 0 Å². The van der Waals surface area contributed by atoms with Crippen molar-refractivity contribution in [3.05, 3.63) is 0 Å². The Balaban J connectivity index is 0. The van der Waals surface area contributed by atoms with Crippen LogP contribution in [0.25, 0.3) is 0 Å². The van der Waals surface area contributed by atoms with Gasteiger partial charge >= 0.3 is 36.1 Å². The second-order valence-corrected chi connectivity index (χ2v) is 5.93. The number of aliphatic carboxylic acids is 1. The van der Waals surface area contributed by atoms with Crippen molar-refractivity contribution >= 4 is 23.8 Å². The van der Waals surface area contributed by atoms with E-state index in [9.17, 15) is 63.1 Å². The molecule has 0 aliphatic carbocycles. The average molecular weight is 544 g/mol. The summed E-state index contributed by atoms with van der Waals surface area (Å²) in [5.74, 6) is -16.3. The van der Waals surface area contributed by atoms with Crippen LogP contribution in [0.1, 0.15) is 0 Å². The number of carboxylic acids is 1. The number of halogens is 10. The normalized spacial score (nSPS) is 14.1. The predicted molar refractivity (Wildman–Crippen MR) is 89.3 cm³/mol. The van der Waals surface area contributed by atoms with Crippen molar-refractivity contribution in [2.45, 2.75) is 36.4 Å². The summed E-state index contributed by atoms with van der Waals surface area (Å²) in [6, 6.07) is 0. The molecule has 35 heavy (non-hydrogen) atoms. The van der Waals surface area contributed by atoms with Crippen molar-refractivity contribution in [2.24, 2.45) is 0 Å². The van der Waals surface area contributed by atoms with Gasteiger partial charge in [-0.3, -0.25) is 9.59 Å². The number of esters is 1. The highest BCUT2D eigenvalue weighted by Gasteiger charge is 2.58. The minimum absolute atomic E-state index is 0.792. The summed E-state index contributed by atoms with van der Waals surface area (Å²) in [5, 5.41) is 10.7. The van der Waals surface area contributed by atoms with E-state index in [1.165, 1.54) is 5.32 Å². The molecule has 2 amide bonds. The van der Waals surface area contributed by atoms with Crippen LogP contribution in [0.15, 0.2) is 0 Å². The molecule has 0 aliphatic heterocycles. The third-order valence-electron chi connectivity index (χ3n) is 3.39. The fourth-order valence-electron chi connectivity index (χ4n) is 1.52. The largest absolute Gasteiger partial charge is 0.479 e. The van der Waals surface area contributed by atoms with Gasteiger partial charge in [-0.1, -0.05) is 0 Å². The number of carbonyl (C=O) groups excluding carboxylic acids is 3. The van der Waals surface area contributed by atoms with Crippen molar-refractivity contribution in [3.63, 3.8) is 0 Å². The van der Waals surface area contributed by atoms with E-state index < -0.39 is 73.2 Å². The van der Waals surface area contributed by atoms with E-state index >= 15 is 0 Å². The molecular weight excluding hydrogens is 526 g/mol. The molecule has 2 atom stereocenters. The third-order valence-corrected chi connectivity index (χ3v) is 3.39. The quantitative estimate of drug-likeness (QED) is 0.209. The maximum absolute atomic E-state index is 12.4. The number of nitrogens with one attached hydrogen (secondary N) is 2. The van der Waals surface area contributed by atoms with Crippen molar-refractivity contribution in [2.75, 3.05) is 34.4 Å². The molecule has 0 spiro atoms. The first-order chi connectivity index (χ1) is 15.6. The molecule has 2 unspecified atom stereocenters. The van der Waals surface area contributed by atoms with Gasteiger partial charge in [0.25, 0.3) is 11.8 Å². The van der Waals surface area contributed by atoms with Gasteiger partial charge in [0.05, 0.1) is 20.2 Å². The van der Waals surface area contributed by atoms with E-state index in [0.29, 0.717) is 0 Å². The number of methoxy groups -OCH3 is 3. The van der Waals surface area contributed by atoms with Crippen LogP contribution in [0, 0.1) is 0 Å². The summed E-state index contributed by atoms with van der Waals surface area (Å²) in [5.41, 5.74) is 0. The average Bonchev–Trinajstić information content (AvgIpc) is 2.70. The SMILES string of the molecule is COC(=O)C(OC)C(=O)NCC(F)(F)C(F)(F)F.COC(C(=O)O)C(=O)NCC(F)(F)C(F)(F)F. The monoisotopic (exact) mass is 544 g/mol. The molecule has 206 valence electrons. The molecular formula is C15H18F10N2O8. The second kappa shape index (κ2) is 13.3. The Kier molecular flexibility index (Phi) is 13.0. The lowest BCUT2D eigenvalue weighted by Crippen LogP contribution is -2.50. The highest BCUT2D eigenvalue weighted by Crippen LogP contribution is 2.35. The molecule has 0 fully saturated rings. The topological polar surface area (TPSA) is 140 Å². The van der Waals surface area contributed by atoms with Crippen LogP contribution < -0.4 is 10.6 Å². The minimum atomic E-state index is -5.83. The maximum atomic E-state index is 12.4. The summed E-state index contributed by atoms with van der Waals surface area (Å²) in [7, 11) is 2.58. The Hall–Kier alpha value is -2.90. The minimum Gasteiger partial charge on any atom is -0.479 e. The van der Waals surface area contributed by atoms with Crippen molar-refractivity contribution in [3.8, 4) is 0 Å². The fraction of sp³-hybridized carbons (Fsp3) is 0.733. The number of ether oxygens (including phenoxy) is 3. The first-order valence-electron chi connectivity index (χ1n) is 8.40. The van der Waals surface area contributed by atoms with E-state index in [0.717, 1.165) is 26.6 Å². The predicted octanol–water partition coefficient (Wildman–Crippen LogP) is 0.888. The molecule has 20 heteroatoms. The Morgan fingerprint density at radius 2 is 1.00 bits per heavy atom. The van der Waals surface area contributed by atoms with Gasteiger partial charge in [0.2, 0.25) is 12.2 Å². The number of alkyl halides is 10. The number of amides is 2. The van der Waals surface area contributed by atoms with Crippen LogP contribution in [0.2, 0.25) is 0 Å². The van der Waals surface area contributed by atoms with Gasteiger partial charge in [0.15, 0.2) is 0 Å². The van der Waals surface area contributed by atoms with Crippen molar-refractivity contribution < 1.29 is 82.4 Å². The Morgan fingerprint density at radius 3 is 1.23 bits per heavy atom. The Bertz CT molecular complexity index is 742. The van der Waals surface area contributed by atoms with Gasteiger partial charge in [0.1, 0.15) is 0 Å². The standard InChI is InChI=1S/C8H10F5NO4.C7H8F5NO4/c1-17-4(6(16)18-2)5(15)14-3-7(9,10)8(11,12)13;1-17-3(5(15)16)4(14)13-2-6(8,9)7(10,11)12/h4H,3H2,1-2H3,(H,14,15);3H,2H2,1H3,(H,13,14)(H,15,16). The smallest absolute Gasteiger partial charge is 0.455 e. The molecule has 0 radical (unpaired) electrons. The molecule has 10 nitrogen and oxygen atoms in total. The molecule has 0 aromatic carbocycles. The molecule has 0 saturated heterocycles. The summed E-state index contributed by atoms with van der Waals surface area (Å²) < 4.78 is 132. The molecule has 0 heterocycles. The van der Waals surface area contributed by atoms with Gasteiger partial charge in [-0.25, -0.2) is 9.59 Å². The fourth-order valence-corrected chi connectivity index (χ4v) is 1.52. The lowest BCUT2D eigenvalue weighted by atomic mass is 10.3. The Labute approximate surface area is 188 Å². The zero-order valence-corrected chi connectivity index (χ0v) is 17.7. The maximum Gasteiger partial charge on any atom is 0.455 e. The van der Waals surface area contributed by atoms with E-state index in [-0.39, 0.29) is 0 Å². The first kappa shape index (κ1) is 34.3.